The molecule has 100 valence electrons. The van der Waals surface area contributed by atoms with Gasteiger partial charge in [0, 0.05) is 17.5 Å². The van der Waals surface area contributed by atoms with E-state index in [4.69, 9.17) is 32.7 Å². The molecule has 0 unspecified atom stereocenters. The number of halogens is 2. The third kappa shape index (κ3) is 4.26. The molecule has 0 saturated heterocycles. The Morgan fingerprint density at radius 3 is 2.53 bits per heavy atom. The Bertz CT molecular complexity index is 547. The highest BCUT2D eigenvalue weighted by Crippen LogP contribution is 2.16. The van der Waals surface area contributed by atoms with Gasteiger partial charge in [-0.15, -0.1) is 0 Å². The van der Waals surface area contributed by atoms with Crippen LogP contribution in [-0.4, -0.2) is 23.7 Å². The molecule has 2 aromatic rings. The SMILES string of the molecule is COc1cc(Cl)nc(CCOc2ccc(Cl)cc2)n1. The molecule has 0 aliphatic carbocycles. The van der Waals surface area contributed by atoms with E-state index in [-0.39, 0.29) is 0 Å². The first-order valence-electron chi connectivity index (χ1n) is 5.63. The molecule has 0 radical (unpaired) electrons. The Labute approximate surface area is 121 Å². The van der Waals surface area contributed by atoms with Crippen LogP contribution in [0.4, 0.5) is 0 Å². The quantitative estimate of drug-likeness (QED) is 0.794. The van der Waals surface area contributed by atoms with Crippen LogP contribution < -0.4 is 9.47 Å². The molecule has 6 heteroatoms. The lowest BCUT2D eigenvalue weighted by molar-refractivity contribution is 0.317. The van der Waals surface area contributed by atoms with Gasteiger partial charge in [-0.3, -0.25) is 0 Å². The molecule has 0 atom stereocenters. The summed E-state index contributed by atoms with van der Waals surface area (Å²) in [6.07, 6.45) is 0.541. The summed E-state index contributed by atoms with van der Waals surface area (Å²) < 4.78 is 10.6. The normalized spacial score (nSPS) is 10.3. The van der Waals surface area contributed by atoms with Gasteiger partial charge in [-0.25, -0.2) is 4.98 Å². The zero-order chi connectivity index (χ0) is 13.7. The van der Waals surface area contributed by atoms with Gasteiger partial charge in [0.25, 0.3) is 0 Å². The molecule has 2 rings (SSSR count). The summed E-state index contributed by atoms with van der Waals surface area (Å²) in [5.74, 6) is 1.78. The smallest absolute Gasteiger partial charge is 0.217 e. The lowest BCUT2D eigenvalue weighted by atomic mass is 10.3. The van der Waals surface area contributed by atoms with Crippen LogP contribution in [0.1, 0.15) is 5.82 Å². The third-order valence-electron chi connectivity index (χ3n) is 2.33. The van der Waals surface area contributed by atoms with Gasteiger partial charge in [-0.05, 0) is 24.3 Å². The molecule has 0 amide bonds. The van der Waals surface area contributed by atoms with Crippen molar-refractivity contribution in [3.8, 4) is 11.6 Å². The summed E-state index contributed by atoms with van der Waals surface area (Å²) >= 11 is 11.6. The molecule has 0 spiro atoms. The van der Waals surface area contributed by atoms with Crippen molar-refractivity contribution in [1.29, 1.82) is 0 Å². The highest BCUT2D eigenvalue weighted by molar-refractivity contribution is 6.30. The third-order valence-corrected chi connectivity index (χ3v) is 2.78. The molecule has 4 nitrogen and oxygen atoms in total. The van der Waals surface area contributed by atoms with Gasteiger partial charge in [-0.2, -0.15) is 4.98 Å². The fourth-order valence-corrected chi connectivity index (χ4v) is 1.77. The second kappa shape index (κ2) is 6.59. The Hall–Kier alpha value is -1.52. The van der Waals surface area contributed by atoms with E-state index in [0.29, 0.717) is 34.9 Å². The summed E-state index contributed by atoms with van der Waals surface area (Å²) in [7, 11) is 1.53. The monoisotopic (exact) mass is 298 g/mol. The van der Waals surface area contributed by atoms with Crippen molar-refractivity contribution < 1.29 is 9.47 Å². The molecule has 1 heterocycles. The first kappa shape index (κ1) is 13.9. The zero-order valence-corrected chi connectivity index (χ0v) is 11.8. The molecule has 0 aliphatic rings. The number of rotatable bonds is 5. The fraction of sp³-hybridized carbons (Fsp3) is 0.231. The van der Waals surface area contributed by atoms with E-state index in [2.05, 4.69) is 9.97 Å². The van der Waals surface area contributed by atoms with Crippen LogP contribution in [0.5, 0.6) is 11.6 Å². The van der Waals surface area contributed by atoms with Gasteiger partial charge < -0.3 is 9.47 Å². The summed E-state index contributed by atoms with van der Waals surface area (Å²) in [5, 5.41) is 1.03. The van der Waals surface area contributed by atoms with Crippen molar-refractivity contribution in [3.63, 3.8) is 0 Å². The highest BCUT2D eigenvalue weighted by atomic mass is 35.5. The maximum atomic E-state index is 5.86. The Kier molecular flexibility index (Phi) is 4.82. The zero-order valence-electron chi connectivity index (χ0n) is 10.3. The van der Waals surface area contributed by atoms with Crippen LogP contribution in [0.2, 0.25) is 10.2 Å². The number of benzene rings is 1. The number of aromatic nitrogens is 2. The van der Waals surface area contributed by atoms with Gasteiger partial charge in [-0.1, -0.05) is 23.2 Å². The number of hydrogen-bond acceptors (Lipinski definition) is 4. The second-order valence-corrected chi connectivity index (χ2v) is 4.53. The van der Waals surface area contributed by atoms with Crippen molar-refractivity contribution in [2.24, 2.45) is 0 Å². The molecule has 1 aromatic carbocycles. The van der Waals surface area contributed by atoms with Gasteiger partial charge >= 0.3 is 0 Å². The average molecular weight is 299 g/mol. The predicted molar refractivity (Wildman–Crippen MR) is 74.2 cm³/mol. The van der Waals surface area contributed by atoms with Crippen LogP contribution >= 0.6 is 23.2 Å². The molecule has 0 saturated carbocycles. The average Bonchev–Trinajstić information content (AvgIpc) is 2.40. The Balaban J connectivity index is 1.92. The Morgan fingerprint density at radius 2 is 1.84 bits per heavy atom. The Morgan fingerprint density at radius 1 is 1.11 bits per heavy atom. The second-order valence-electron chi connectivity index (χ2n) is 3.70. The number of methoxy groups -OCH3 is 1. The van der Waals surface area contributed by atoms with Crippen LogP contribution in [0.25, 0.3) is 0 Å². The van der Waals surface area contributed by atoms with Crippen LogP contribution in [-0.2, 0) is 6.42 Å². The first-order valence-corrected chi connectivity index (χ1v) is 6.39. The lowest BCUT2D eigenvalue weighted by Gasteiger charge is -2.06. The molecule has 1 aromatic heterocycles. The van der Waals surface area contributed by atoms with Crippen molar-refractivity contribution in [1.82, 2.24) is 9.97 Å². The van der Waals surface area contributed by atoms with Gasteiger partial charge in [0.2, 0.25) is 5.88 Å². The van der Waals surface area contributed by atoms with E-state index >= 15 is 0 Å². The van der Waals surface area contributed by atoms with Crippen molar-refractivity contribution >= 4 is 23.2 Å². The topological polar surface area (TPSA) is 44.2 Å². The summed E-state index contributed by atoms with van der Waals surface area (Å²) in [4.78, 5) is 8.28. The summed E-state index contributed by atoms with van der Waals surface area (Å²) in [6, 6.07) is 8.72. The van der Waals surface area contributed by atoms with Gasteiger partial charge in [0.15, 0.2) is 0 Å². The van der Waals surface area contributed by atoms with E-state index in [1.807, 2.05) is 12.1 Å². The van der Waals surface area contributed by atoms with E-state index in [0.717, 1.165) is 5.75 Å². The summed E-state index contributed by atoms with van der Waals surface area (Å²) in [6.45, 7) is 0.450. The molecule has 19 heavy (non-hydrogen) atoms. The minimum absolute atomic E-state index is 0.355. The van der Waals surface area contributed by atoms with E-state index in [1.54, 1.807) is 18.2 Å². The van der Waals surface area contributed by atoms with E-state index in [9.17, 15) is 0 Å². The minimum atomic E-state index is 0.355. The number of hydrogen-bond donors (Lipinski definition) is 0. The molecule has 0 aliphatic heterocycles. The maximum absolute atomic E-state index is 5.86. The number of ether oxygens (including phenoxy) is 2. The lowest BCUT2D eigenvalue weighted by Crippen LogP contribution is -2.06. The standard InChI is InChI=1S/C13H12Cl2N2O2/c1-18-13-8-11(15)16-12(17-13)6-7-19-10-4-2-9(14)3-5-10/h2-5,8H,6-7H2,1H3. The molecular formula is C13H12Cl2N2O2. The first-order chi connectivity index (χ1) is 9.17. The van der Waals surface area contributed by atoms with Crippen LogP contribution in [0.3, 0.4) is 0 Å². The minimum Gasteiger partial charge on any atom is -0.493 e. The molecule has 0 bridgehead atoms. The predicted octanol–water partition coefficient (Wildman–Crippen LogP) is 3.41. The maximum Gasteiger partial charge on any atom is 0.217 e. The van der Waals surface area contributed by atoms with Gasteiger partial charge in [0.05, 0.1) is 13.7 Å². The molecular weight excluding hydrogens is 287 g/mol. The van der Waals surface area contributed by atoms with E-state index in [1.165, 1.54) is 7.11 Å². The fourth-order valence-electron chi connectivity index (χ4n) is 1.45. The van der Waals surface area contributed by atoms with Gasteiger partial charge in [0.1, 0.15) is 16.7 Å². The highest BCUT2D eigenvalue weighted by Gasteiger charge is 2.04. The number of nitrogens with zero attached hydrogens (tertiary/aromatic N) is 2. The van der Waals surface area contributed by atoms with Crippen LogP contribution in [0.15, 0.2) is 30.3 Å². The van der Waals surface area contributed by atoms with Crippen molar-refractivity contribution in [3.05, 3.63) is 46.3 Å². The molecule has 0 N–H and O–H groups in total. The largest absolute Gasteiger partial charge is 0.493 e. The van der Waals surface area contributed by atoms with Crippen LogP contribution in [0, 0.1) is 0 Å². The van der Waals surface area contributed by atoms with Crippen molar-refractivity contribution in [2.75, 3.05) is 13.7 Å². The molecule has 0 fully saturated rings. The van der Waals surface area contributed by atoms with Crippen molar-refractivity contribution in [2.45, 2.75) is 6.42 Å². The van der Waals surface area contributed by atoms with E-state index < -0.39 is 0 Å². The summed E-state index contributed by atoms with van der Waals surface area (Å²) in [5.41, 5.74) is 0.